The van der Waals surface area contributed by atoms with Crippen LogP contribution in [0.4, 0.5) is 0 Å². The van der Waals surface area contributed by atoms with Gasteiger partial charge in [0, 0.05) is 31.6 Å². The Labute approximate surface area is 108 Å². The number of ketones is 1. The first-order valence-electron chi connectivity index (χ1n) is 6.09. The van der Waals surface area contributed by atoms with Crippen molar-refractivity contribution in [3.63, 3.8) is 0 Å². The maximum Gasteiger partial charge on any atom is 0.184 e. The normalized spacial score (nSPS) is 16.2. The quantitative estimate of drug-likeness (QED) is 0.814. The van der Waals surface area contributed by atoms with Gasteiger partial charge in [0.05, 0.1) is 12.7 Å². The van der Waals surface area contributed by atoms with Crippen molar-refractivity contribution in [1.82, 2.24) is 9.80 Å². The summed E-state index contributed by atoms with van der Waals surface area (Å²) in [5.74, 6) is 0.138. The van der Waals surface area contributed by atoms with Crippen molar-refractivity contribution in [2.24, 2.45) is 5.73 Å². The zero-order chi connectivity index (χ0) is 13.1. The van der Waals surface area contributed by atoms with E-state index in [0.29, 0.717) is 6.54 Å². The first-order chi connectivity index (χ1) is 8.61. The molecule has 0 spiro atoms. The molecule has 1 atom stereocenters. The van der Waals surface area contributed by atoms with Crippen molar-refractivity contribution in [2.45, 2.75) is 19.5 Å². The number of benzene rings is 1. The zero-order valence-electron chi connectivity index (χ0n) is 10.8. The standard InChI is InChI=1S/C14H19N3O/c1-11(17-8-7-16(2)10-17)14(18)13-5-3-12(9-15)4-6-13/h3-8,11H,9-10,15H2,1-2H3. The molecule has 4 nitrogen and oxygen atoms in total. The first-order valence-corrected chi connectivity index (χ1v) is 6.09. The maximum absolute atomic E-state index is 12.3. The van der Waals surface area contributed by atoms with Crippen LogP contribution >= 0.6 is 0 Å². The summed E-state index contributed by atoms with van der Waals surface area (Å²) in [6.07, 6.45) is 3.93. The molecular weight excluding hydrogens is 226 g/mol. The van der Waals surface area contributed by atoms with Gasteiger partial charge < -0.3 is 15.5 Å². The maximum atomic E-state index is 12.3. The largest absolute Gasteiger partial charge is 0.362 e. The number of Topliss-reactive ketones (excluding diaryl/α,β-unsaturated/α-hetero) is 1. The van der Waals surface area contributed by atoms with E-state index in [0.717, 1.165) is 17.8 Å². The number of hydrogen-bond acceptors (Lipinski definition) is 4. The van der Waals surface area contributed by atoms with Gasteiger partial charge in [-0.2, -0.15) is 0 Å². The van der Waals surface area contributed by atoms with Crippen LogP contribution in [-0.2, 0) is 6.54 Å². The number of carbonyl (C=O) groups is 1. The number of hydrogen-bond donors (Lipinski definition) is 1. The highest BCUT2D eigenvalue weighted by molar-refractivity contribution is 5.99. The van der Waals surface area contributed by atoms with Crippen molar-refractivity contribution >= 4 is 5.78 Å². The van der Waals surface area contributed by atoms with E-state index in [1.165, 1.54) is 0 Å². The van der Waals surface area contributed by atoms with Gasteiger partial charge in [-0.15, -0.1) is 0 Å². The lowest BCUT2D eigenvalue weighted by Crippen LogP contribution is -2.36. The molecule has 0 aliphatic carbocycles. The second-order valence-electron chi connectivity index (χ2n) is 4.65. The Morgan fingerprint density at radius 3 is 2.50 bits per heavy atom. The molecule has 0 bridgehead atoms. The third-order valence-corrected chi connectivity index (χ3v) is 3.25. The Bertz CT molecular complexity index is 453. The third kappa shape index (κ3) is 2.54. The SMILES string of the molecule is CC(C(=O)c1ccc(CN)cc1)N1C=CN(C)C1. The monoisotopic (exact) mass is 245 g/mol. The zero-order valence-corrected chi connectivity index (χ0v) is 10.8. The van der Waals surface area contributed by atoms with Crippen LogP contribution in [0.1, 0.15) is 22.8 Å². The van der Waals surface area contributed by atoms with Gasteiger partial charge in [-0.05, 0) is 12.5 Å². The Balaban J connectivity index is 2.08. The van der Waals surface area contributed by atoms with Crippen molar-refractivity contribution in [2.75, 3.05) is 13.7 Å². The molecule has 0 amide bonds. The van der Waals surface area contributed by atoms with E-state index in [2.05, 4.69) is 0 Å². The molecule has 1 unspecified atom stereocenters. The molecule has 18 heavy (non-hydrogen) atoms. The molecule has 0 saturated heterocycles. The van der Waals surface area contributed by atoms with E-state index in [9.17, 15) is 4.79 Å². The van der Waals surface area contributed by atoms with Crippen molar-refractivity contribution < 1.29 is 4.79 Å². The van der Waals surface area contributed by atoms with Gasteiger partial charge in [0.25, 0.3) is 0 Å². The van der Waals surface area contributed by atoms with Crippen molar-refractivity contribution in [1.29, 1.82) is 0 Å². The summed E-state index contributed by atoms with van der Waals surface area (Å²) in [6.45, 7) is 3.19. The number of nitrogens with zero attached hydrogens (tertiary/aromatic N) is 2. The molecule has 2 rings (SSSR count). The van der Waals surface area contributed by atoms with E-state index >= 15 is 0 Å². The fourth-order valence-corrected chi connectivity index (χ4v) is 2.00. The van der Waals surface area contributed by atoms with Crippen LogP contribution < -0.4 is 5.73 Å². The molecule has 4 heteroatoms. The van der Waals surface area contributed by atoms with Crippen molar-refractivity contribution in [3.8, 4) is 0 Å². The highest BCUT2D eigenvalue weighted by Crippen LogP contribution is 2.14. The summed E-state index contributed by atoms with van der Waals surface area (Å²) in [7, 11) is 1.99. The predicted molar refractivity (Wildman–Crippen MR) is 71.7 cm³/mol. The molecule has 1 aliphatic heterocycles. The van der Waals surface area contributed by atoms with Gasteiger partial charge in [-0.1, -0.05) is 24.3 Å². The van der Waals surface area contributed by atoms with Crippen LogP contribution in [0.15, 0.2) is 36.7 Å². The molecule has 1 aliphatic rings. The van der Waals surface area contributed by atoms with Gasteiger partial charge in [0.15, 0.2) is 5.78 Å². The Kier molecular flexibility index (Phi) is 3.67. The van der Waals surface area contributed by atoms with E-state index in [1.54, 1.807) is 0 Å². The van der Waals surface area contributed by atoms with Crippen LogP contribution in [0.2, 0.25) is 0 Å². The minimum atomic E-state index is -0.144. The average Bonchev–Trinajstić information content (AvgIpc) is 2.84. The smallest absolute Gasteiger partial charge is 0.184 e. The van der Waals surface area contributed by atoms with Gasteiger partial charge in [-0.25, -0.2) is 0 Å². The fraction of sp³-hybridized carbons (Fsp3) is 0.357. The Morgan fingerprint density at radius 1 is 1.33 bits per heavy atom. The van der Waals surface area contributed by atoms with Crippen LogP contribution in [0, 0.1) is 0 Å². The second-order valence-corrected chi connectivity index (χ2v) is 4.65. The third-order valence-electron chi connectivity index (χ3n) is 3.25. The van der Waals surface area contributed by atoms with Gasteiger partial charge in [-0.3, -0.25) is 4.79 Å². The molecule has 0 aromatic heterocycles. The van der Waals surface area contributed by atoms with Crippen LogP contribution in [0.5, 0.6) is 0 Å². The predicted octanol–water partition coefficient (Wildman–Crippen LogP) is 1.39. The van der Waals surface area contributed by atoms with E-state index in [1.807, 2.05) is 60.4 Å². The lowest BCUT2D eigenvalue weighted by Gasteiger charge is -2.24. The van der Waals surface area contributed by atoms with Crippen LogP contribution in [0.3, 0.4) is 0 Å². The topological polar surface area (TPSA) is 49.6 Å². The van der Waals surface area contributed by atoms with E-state index in [-0.39, 0.29) is 11.8 Å². The molecule has 96 valence electrons. The summed E-state index contributed by atoms with van der Waals surface area (Å²) in [6, 6.07) is 7.38. The van der Waals surface area contributed by atoms with Crippen LogP contribution in [0.25, 0.3) is 0 Å². The number of carbonyl (C=O) groups excluding carboxylic acids is 1. The lowest BCUT2D eigenvalue weighted by atomic mass is 10.0. The molecular formula is C14H19N3O. The molecule has 0 radical (unpaired) electrons. The molecule has 2 N–H and O–H groups in total. The summed E-state index contributed by atoms with van der Waals surface area (Å²) < 4.78 is 0. The highest BCUT2D eigenvalue weighted by Gasteiger charge is 2.22. The highest BCUT2D eigenvalue weighted by atomic mass is 16.1. The molecule has 0 fully saturated rings. The van der Waals surface area contributed by atoms with Gasteiger partial charge >= 0.3 is 0 Å². The summed E-state index contributed by atoms with van der Waals surface area (Å²) >= 11 is 0. The minimum Gasteiger partial charge on any atom is -0.362 e. The lowest BCUT2D eigenvalue weighted by molar-refractivity contribution is 0.0873. The summed E-state index contributed by atoms with van der Waals surface area (Å²) in [5.41, 5.74) is 7.32. The first kappa shape index (κ1) is 12.6. The van der Waals surface area contributed by atoms with E-state index in [4.69, 9.17) is 5.73 Å². The number of nitrogens with two attached hydrogens (primary N) is 1. The number of rotatable bonds is 4. The van der Waals surface area contributed by atoms with Crippen LogP contribution in [-0.4, -0.2) is 35.3 Å². The fourth-order valence-electron chi connectivity index (χ4n) is 2.00. The summed E-state index contributed by atoms with van der Waals surface area (Å²) in [5, 5.41) is 0. The molecule has 1 heterocycles. The minimum absolute atomic E-state index is 0.138. The van der Waals surface area contributed by atoms with Gasteiger partial charge in [0.1, 0.15) is 0 Å². The molecule has 1 aromatic rings. The van der Waals surface area contributed by atoms with Gasteiger partial charge in [0.2, 0.25) is 0 Å². The Hall–Kier alpha value is -1.81. The molecule has 0 saturated carbocycles. The van der Waals surface area contributed by atoms with E-state index < -0.39 is 0 Å². The summed E-state index contributed by atoms with van der Waals surface area (Å²) in [4.78, 5) is 16.4. The Morgan fingerprint density at radius 2 is 2.00 bits per heavy atom. The second kappa shape index (κ2) is 5.23. The average molecular weight is 245 g/mol. The molecule has 1 aromatic carbocycles. The van der Waals surface area contributed by atoms with Crippen molar-refractivity contribution in [3.05, 3.63) is 47.8 Å².